The molecule has 0 aliphatic heterocycles. The molecule has 0 fully saturated rings. The Kier molecular flexibility index (Phi) is 5.91. The summed E-state index contributed by atoms with van der Waals surface area (Å²) in [4.78, 5) is 1.44. The minimum absolute atomic E-state index is 0.366. The van der Waals surface area contributed by atoms with E-state index in [1.165, 1.54) is 10.4 Å². The lowest BCUT2D eigenvalue weighted by molar-refractivity contribution is 0.168. The van der Waals surface area contributed by atoms with Gasteiger partial charge in [0.05, 0.1) is 12.6 Å². The number of nitrogens with one attached hydrogen (secondary N) is 1. The predicted octanol–water partition coefficient (Wildman–Crippen LogP) is 3.00. The number of rotatable bonds is 7. The van der Waals surface area contributed by atoms with E-state index in [9.17, 15) is 0 Å². The standard InChI is InChI=1S/C12H21NOS/c1-4-7-13-11(9-14-3)12-10(5-2)6-8-15-12/h6,8,11,13H,4-5,7,9H2,1-3H3. The van der Waals surface area contributed by atoms with E-state index in [-0.39, 0.29) is 0 Å². The van der Waals surface area contributed by atoms with E-state index < -0.39 is 0 Å². The molecule has 0 spiro atoms. The van der Waals surface area contributed by atoms with Crippen molar-refractivity contribution in [1.29, 1.82) is 0 Å². The van der Waals surface area contributed by atoms with Crippen LogP contribution in [-0.4, -0.2) is 20.3 Å². The number of thiophene rings is 1. The predicted molar refractivity (Wildman–Crippen MR) is 66.6 cm³/mol. The highest BCUT2D eigenvalue weighted by molar-refractivity contribution is 7.10. The average Bonchev–Trinajstić information content (AvgIpc) is 2.72. The first kappa shape index (κ1) is 12.7. The Hall–Kier alpha value is -0.380. The van der Waals surface area contributed by atoms with Gasteiger partial charge in [-0.05, 0) is 36.4 Å². The molecule has 2 nitrogen and oxygen atoms in total. The molecule has 0 saturated carbocycles. The first-order valence-electron chi connectivity index (χ1n) is 5.62. The number of hydrogen-bond acceptors (Lipinski definition) is 3. The Labute approximate surface area is 96.7 Å². The molecule has 86 valence electrons. The zero-order valence-electron chi connectivity index (χ0n) is 9.88. The van der Waals surface area contributed by atoms with Crippen LogP contribution in [0.3, 0.4) is 0 Å². The summed E-state index contributed by atoms with van der Waals surface area (Å²) in [7, 11) is 1.76. The highest BCUT2D eigenvalue weighted by atomic mass is 32.1. The fraction of sp³-hybridized carbons (Fsp3) is 0.667. The van der Waals surface area contributed by atoms with Crippen molar-refractivity contribution in [3.63, 3.8) is 0 Å². The highest BCUT2D eigenvalue weighted by Crippen LogP contribution is 2.25. The molecule has 0 bridgehead atoms. The molecule has 0 saturated heterocycles. The highest BCUT2D eigenvalue weighted by Gasteiger charge is 2.14. The third kappa shape index (κ3) is 3.59. The van der Waals surface area contributed by atoms with Crippen LogP contribution in [-0.2, 0) is 11.2 Å². The molecule has 1 atom stereocenters. The van der Waals surface area contributed by atoms with E-state index in [0.29, 0.717) is 6.04 Å². The molecule has 1 rings (SSSR count). The van der Waals surface area contributed by atoms with Gasteiger partial charge in [-0.3, -0.25) is 0 Å². The number of aryl methyl sites for hydroxylation is 1. The summed E-state index contributed by atoms with van der Waals surface area (Å²) in [6.07, 6.45) is 2.26. The first-order valence-corrected chi connectivity index (χ1v) is 6.50. The summed E-state index contributed by atoms with van der Waals surface area (Å²) in [5, 5.41) is 5.70. The van der Waals surface area contributed by atoms with Crippen molar-refractivity contribution in [3.8, 4) is 0 Å². The third-order valence-corrected chi connectivity index (χ3v) is 3.52. The van der Waals surface area contributed by atoms with Gasteiger partial charge in [-0.15, -0.1) is 11.3 Å². The quantitative estimate of drug-likeness (QED) is 0.773. The zero-order valence-corrected chi connectivity index (χ0v) is 10.7. The summed E-state index contributed by atoms with van der Waals surface area (Å²) < 4.78 is 5.27. The molecule has 0 aliphatic rings. The summed E-state index contributed by atoms with van der Waals surface area (Å²) in [6, 6.07) is 2.58. The molecule has 0 aromatic carbocycles. The maximum atomic E-state index is 5.27. The van der Waals surface area contributed by atoms with Gasteiger partial charge in [0.2, 0.25) is 0 Å². The van der Waals surface area contributed by atoms with Gasteiger partial charge >= 0.3 is 0 Å². The van der Waals surface area contributed by atoms with Gasteiger partial charge in [-0.25, -0.2) is 0 Å². The first-order chi connectivity index (χ1) is 7.33. The fourth-order valence-corrected chi connectivity index (χ4v) is 2.72. The minimum Gasteiger partial charge on any atom is -0.383 e. The van der Waals surface area contributed by atoms with E-state index in [1.54, 1.807) is 7.11 Å². The van der Waals surface area contributed by atoms with Crippen LogP contribution in [0.5, 0.6) is 0 Å². The normalized spacial score (nSPS) is 13.0. The molecule has 3 heteroatoms. The van der Waals surface area contributed by atoms with Crippen LogP contribution >= 0.6 is 11.3 Å². The van der Waals surface area contributed by atoms with Gasteiger partial charge in [0.15, 0.2) is 0 Å². The summed E-state index contributed by atoms with van der Waals surface area (Å²) in [6.45, 7) is 6.20. The molecule has 1 unspecified atom stereocenters. The Morgan fingerprint density at radius 3 is 2.87 bits per heavy atom. The number of hydrogen-bond donors (Lipinski definition) is 1. The molecule has 1 heterocycles. The van der Waals surface area contributed by atoms with Crippen LogP contribution < -0.4 is 5.32 Å². The van der Waals surface area contributed by atoms with E-state index in [2.05, 4.69) is 30.6 Å². The van der Waals surface area contributed by atoms with Crippen molar-refractivity contribution >= 4 is 11.3 Å². The van der Waals surface area contributed by atoms with Crippen molar-refractivity contribution in [1.82, 2.24) is 5.32 Å². The lowest BCUT2D eigenvalue weighted by Gasteiger charge is -2.17. The SMILES string of the molecule is CCCNC(COC)c1sccc1CC. The van der Waals surface area contributed by atoms with Crippen LogP contribution in [0.15, 0.2) is 11.4 Å². The molecule has 0 aliphatic carbocycles. The van der Waals surface area contributed by atoms with Crippen molar-refractivity contribution in [2.45, 2.75) is 32.7 Å². The van der Waals surface area contributed by atoms with Crippen LogP contribution in [0.2, 0.25) is 0 Å². The minimum atomic E-state index is 0.366. The largest absolute Gasteiger partial charge is 0.383 e. The van der Waals surface area contributed by atoms with Crippen molar-refractivity contribution in [2.24, 2.45) is 0 Å². The van der Waals surface area contributed by atoms with E-state index in [4.69, 9.17) is 4.74 Å². The summed E-state index contributed by atoms with van der Waals surface area (Å²) >= 11 is 1.83. The molecule has 1 aromatic rings. The van der Waals surface area contributed by atoms with Crippen molar-refractivity contribution in [2.75, 3.05) is 20.3 Å². The van der Waals surface area contributed by atoms with Crippen LogP contribution in [0.1, 0.15) is 36.8 Å². The van der Waals surface area contributed by atoms with Gasteiger partial charge < -0.3 is 10.1 Å². The molecule has 1 N–H and O–H groups in total. The lowest BCUT2D eigenvalue weighted by Crippen LogP contribution is -2.25. The summed E-state index contributed by atoms with van der Waals surface area (Å²) in [5.41, 5.74) is 1.45. The van der Waals surface area contributed by atoms with Crippen LogP contribution in [0.25, 0.3) is 0 Å². The maximum absolute atomic E-state index is 5.27. The van der Waals surface area contributed by atoms with Crippen molar-refractivity contribution < 1.29 is 4.74 Å². The lowest BCUT2D eigenvalue weighted by atomic mass is 10.1. The van der Waals surface area contributed by atoms with Crippen LogP contribution in [0, 0.1) is 0 Å². The van der Waals surface area contributed by atoms with E-state index in [0.717, 1.165) is 26.0 Å². The van der Waals surface area contributed by atoms with E-state index in [1.807, 2.05) is 11.3 Å². The second-order valence-corrected chi connectivity index (χ2v) is 4.57. The average molecular weight is 227 g/mol. The van der Waals surface area contributed by atoms with Crippen molar-refractivity contribution in [3.05, 3.63) is 21.9 Å². The zero-order chi connectivity index (χ0) is 11.1. The fourth-order valence-electron chi connectivity index (χ4n) is 1.66. The van der Waals surface area contributed by atoms with E-state index >= 15 is 0 Å². The second kappa shape index (κ2) is 6.99. The van der Waals surface area contributed by atoms with Crippen LogP contribution in [0.4, 0.5) is 0 Å². The molecule has 1 aromatic heterocycles. The van der Waals surface area contributed by atoms with Gasteiger partial charge in [-0.2, -0.15) is 0 Å². The van der Waals surface area contributed by atoms with Gasteiger partial charge in [0.1, 0.15) is 0 Å². The number of ether oxygens (including phenoxy) is 1. The molecule has 15 heavy (non-hydrogen) atoms. The smallest absolute Gasteiger partial charge is 0.0665 e. The molecule has 0 amide bonds. The van der Waals surface area contributed by atoms with Gasteiger partial charge in [0.25, 0.3) is 0 Å². The number of methoxy groups -OCH3 is 1. The Balaban J connectivity index is 2.69. The second-order valence-electron chi connectivity index (χ2n) is 3.63. The van der Waals surface area contributed by atoms with Gasteiger partial charge in [-0.1, -0.05) is 13.8 Å². The Morgan fingerprint density at radius 1 is 1.47 bits per heavy atom. The topological polar surface area (TPSA) is 21.3 Å². The molecular formula is C12H21NOS. The molecular weight excluding hydrogens is 206 g/mol. The Bertz CT molecular complexity index is 272. The molecule has 0 radical (unpaired) electrons. The maximum Gasteiger partial charge on any atom is 0.0665 e. The monoisotopic (exact) mass is 227 g/mol. The summed E-state index contributed by atoms with van der Waals surface area (Å²) in [5.74, 6) is 0. The Morgan fingerprint density at radius 2 is 2.27 bits per heavy atom. The van der Waals surface area contributed by atoms with Gasteiger partial charge in [0, 0.05) is 12.0 Å². The third-order valence-electron chi connectivity index (χ3n) is 2.45.